The Morgan fingerprint density at radius 2 is 2.00 bits per heavy atom. The van der Waals surface area contributed by atoms with Crippen molar-refractivity contribution in [1.82, 2.24) is 14.9 Å². The lowest BCUT2D eigenvalue weighted by atomic mass is 9.82. The third-order valence-electron chi connectivity index (χ3n) is 7.83. The maximum Gasteiger partial charge on any atom is 0.252 e. The molecule has 0 spiro atoms. The molecule has 1 atom stereocenters. The molecule has 7 heteroatoms. The van der Waals surface area contributed by atoms with Gasteiger partial charge in [0.05, 0.1) is 11.3 Å². The Balaban J connectivity index is 1.67. The zero-order valence-corrected chi connectivity index (χ0v) is 22.5. The number of imidazole rings is 1. The molecule has 38 heavy (non-hydrogen) atoms. The molecule has 4 N–H and O–H groups in total. The number of phenols is 1. The number of primary amides is 1. The van der Waals surface area contributed by atoms with Gasteiger partial charge in [0, 0.05) is 31.1 Å². The quantitative estimate of drug-likeness (QED) is 0.308. The minimum Gasteiger partial charge on any atom is -0.507 e. The second-order valence-electron chi connectivity index (χ2n) is 10.5. The summed E-state index contributed by atoms with van der Waals surface area (Å²) in [7, 11) is 0. The molecule has 1 heterocycles. The molecule has 1 fully saturated rings. The molecular formula is C31H39N5O2. The van der Waals surface area contributed by atoms with E-state index in [0.29, 0.717) is 24.6 Å². The fourth-order valence-corrected chi connectivity index (χ4v) is 5.66. The topological polar surface area (TPSA) is 117 Å². The van der Waals surface area contributed by atoms with Crippen molar-refractivity contribution in [3.05, 3.63) is 70.5 Å². The number of aryl methyl sites for hydroxylation is 1. The number of hydrogen-bond acceptors (Lipinski definition) is 5. The summed E-state index contributed by atoms with van der Waals surface area (Å²) < 4.78 is 2.27. The fraction of sp³-hybridized carbons (Fsp3) is 0.452. The Labute approximate surface area is 225 Å². The van der Waals surface area contributed by atoms with Crippen LogP contribution in [0.1, 0.15) is 84.7 Å². The van der Waals surface area contributed by atoms with Crippen LogP contribution in [0.5, 0.6) is 5.75 Å². The van der Waals surface area contributed by atoms with Crippen LogP contribution in [0.3, 0.4) is 0 Å². The Morgan fingerprint density at radius 1 is 1.24 bits per heavy atom. The standard InChI is InChI=1S/C31H39N5O2/c1-3-4-16-36-28(27(19-32)35-31(36)24-13-9-8-10-21(24)2)18-26(23-11-6-5-7-12-23)34-20-22-14-15-25(30(33)38)29(37)17-22/h8-10,13-15,17,23,26,34,37H,3-7,11-12,16,18,20H2,1-2H3,(H2,33,38). The van der Waals surface area contributed by atoms with Crippen molar-refractivity contribution in [2.24, 2.45) is 11.7 Å². The van der Waals surface area contributed by atoms with Crippen LogP contribution < -0.4 is 11.1 Å². The first kappa shape index (κ1) is 27.4. The lowest BCUT2D eigenvalue weighted by Gasteiger charge is -2.32. The second kappa shape index (κ2) is 12.7. The van der Waals surface area contributed by atoms with E-state index in [1.54, 1.807) is 12.1 Å². The highest BCUT2D eigenvalue weighted by Crippen LogP contribution is 2.32. The highest BCUT2D eigenvalue weighted by Gasteiger charge is 2.28. The molecule has 0 aliphatic heterocycles. The predicted molar refractivity (Wildman–Crippen MR) is 150 cm³/mol. The van der Waals surface area contributed by atoms with E-state index in [9.17, 15) is 15.2 Å². The van der Waals surface area contributed by atoms with Crippen LogP contribution in [0, 0.1) is 24.2 Å². The Kier molecular flexibility index (Phi) is 9.19. The van der Waals surface area contributed by atoms with Gasteiger partial charge in [0.1, 0.15) is 17.6 Å². The van der Waals surface area contributed by atoms with Crippen LogP contribution in [0.15, 0.2) is 42.5 Å². The molecule has 0 bridgehead atoms. The molecule has 0 saturated heterocycles. The van der Waals surface area contributed by atoms with Crippen LogP contribution in [-0.2, 0) is 19.5 Å². The number of amides is 1. The highest BCUT2D eigenvalue weighted by molar-refractivity contribution is 5.95. The number of nitriles is 1. The van der Waals surface area contributed by atoms with Crippen LogP contribution in [0.4, 0.5) is 0 Å². The summed E-state index contributed by atoms with van der Waals surface area (Å²) in [4.78, 5) is 16.4. The van der Waals surface area contributed by atoms with Crippen molar-refractivity contribution in [2.45, 2.75) is 84.3 Å². The van der Waals surface area contributed by atoms with Gasteiger partial charge in [-0.2, -0.15) is 5.26 Å². The van der Waals surface area contributed by atoms with Crippen LogP contribution in [0.2, 0.25) is 0 Å². The molecule has 1 aromatic heterocycles. The van der Waals surface area contributed by atoms with Gasteiger partial charge < -0.3 is 20.7 Å². The van der Waals surface area contributed by atoms with Crippen molar-refractivity contribution < 1.29 is 9.90 Å². The molecule has 0 radical (unpaired) electrons. The molecule has 1 amide bonds. The second-order valence-corrected chi connectivity index (χ2v) is 10.5. The van der Waals surface area contributed by atoms with Gasteiger partial charge in [-0.25, -0.2) is 4.98 Å². The van der Waals surface area contributed by atoms with E-state index < -0.39 is 5.91 Å². The molecule has 200 valence electrons. The first-order chi connectivity index (χ1) is 18.4. The third-order valence-corrected chi connectivity index (χ3v) is 7.83. The van der Waals surface area contributed by atoms with Gasteiger partial charge in [0.15, 0.2) is 5.69 Å². The van der Waals surface area contributed by atoms with Crippen LogP contribution in [0.25, 0.3) is 11.4 Å². The van der Waals surface area contributed by atoms with Gasteiger partial charge in [-0.05, 0) is 55.4 Å². The number of rotatable bonds is 11. The average Bonchev–Trinajstić information content (AvgIpc) is 3.27. The van der Waals surface area contributed by atoms with Gasteiger partial charge in [0.2, 0.25) is 0 Å². The predicted octanol–water partition coefficient (Wildman–Crippen LogP) is 5.62. The average molecular weight is 514 g/mol. The summed E-state index contributed by atoms with van der Waals surface area (Å²) >= 11 is 0. The van der Waals surface area contributed by atoms with Gasteiger partial charge in [-0.3, -0.25) is 4.79 Å². The van der Waals surface area contributed by atoms with Crippen LogP contribution in [-0.4, -0.2) is 26.6 Å². The monoisotopic (exact) mass is 513 g/mol. The molecule has 3 aromatic rings. The molecule has 1 aliphatic rings. The summed E-state index contributed by atoms with van der Waals surface area (Å²) in [5.74, 6) is 0.622. The normalized spacial score (nSPS) is 14.8. The zero-order chi connectivity index (χ0) is 27.1. The van der Waals surface area contributed by atoms with Gasteiger partial charge in [-0.15, -0.1) is 0 Å². The number of benzene rings is 2. The van der Waals surface area contributed by atoms with Crippen molar-refractivity contribution in [1.29, 1.82) is 5.26 Å². The number of carbonyl (C=O) groups excluding carboxylic acids is 1. The lowest BCUT2D eigenvalue weighted by molar-refractivity contribution is 0.0997. The first-order valence-electron chi connectivity index (χ1n) is 13.8. The summed E-state index contributed by atoms with van der Waals surface area (Å²) in [5.41, 5.74) is 10.1. The van der Waals surface area contributed by atoms with Gasteiger partial charge >= 0.3 is 0 Å². The number of carbonyl (C=O) groups is 1. The summed E-state index contributed by atoms with van der Waals surface area (Å²) in [6.07, 6.45) is 8.78. The maximum absolute atomic E-state index is 11.5. The molecule has 7 nitrogen and oxygen atoms in total. The Morgan fingerprint density at radius 3 is 2.66 bits per heavy atom. The van der Waals surface area contributed by atoms with Crippen molar-refractivity contribution in [3.8, 4) is 23.2 Å². The molecule has 1 unspecified atom stereocenters. The minimum absolute atomic E-state index is 0.0988. The van der Waals surface area contributed by atoms with E-state index in [1.165, 1.54) is 19.3 Å². The van der Waals surface area contributed by atoms with Crippen LogP contribution >= 0.6 is 0 Å². The number of aromatic nitrogens is 2. The molecule has 1 saturated carbocycles. The maximum atomic E-state index is 11.5. The zero-order valence-electron chi connectivity index (χ0n) is 22.5. The summed E-state index contributed by atoms with van der Waals surface area (Å²) in [5, 5.41) is 24.1. The van der Waals surface area contributed by atoms with E-state index in [-0.39, 0.29) is 17.4 Å². The Bertz CT molecular complexity index is 1300. The molecule has 4 rings (SSSR count). The SMILES string of the molecule is CCCCn1c(-c2ccccc2C)nc(C#N)c1CC(NCc1ccc(C(N)=O)c(O)c1)C1CCCCC1. The molecule has 1 aliphatic carbocycles. The fourth-order valence-electron chi connectivity index (χ4n) is 5.66. The number of nitrogens with zero attached hydrogens (tertiary/aromatic N) is 3. The van der Waals surface area contributed by atoms with E-state index in [4.69, 9.17) is 10.7 Å². The number of unbranched alkanes of at least 4 members (excludes halogenated alkanes) is 1. The lowest BCUT2D eigenvalue weighted by Crippen LogP contribution is -2.39. The van der Waals surface area contributed by atoms with E-state index in [0.717, 1.165) is 60.4 Å². The largest absolute Gasteiger partial charge is 0.507 e. The van der Waals surface area contributed by atoms with Crippen molar-refractivity contribution in [2.75, 3.05) is 0 Å². The van der Waals surface area contributed by atoms with Gasteiger partial charge in [-0.1, -0.05) is 62.9 Å². The smallest absolute Gasteiger partial charge is 0.252 e. The Hall–Kier alpha value is -3.63. The molecular weight excluding hydrogens is 474 g/mol. The first-order valence-corrected chi connectivity index (χ1v) is 13.8. The third kappa shape index (κ3) is 6.25. The number of hydrogen-bond donors (Lipinski definition) is 3. The van der Waals surface area contributed by atoms with E-state index in [2.05, 4.69) is 41.9 Å². The van der Waals surface area contributed by atoms with E-state index in [1.807, 2.05) is 18.2 Å². The van der Waals surface area contributed by atoms with Gasteiger partial charge in [0.25, 0.3) is 5.91 Å². The van der Waals surface area contributed by atoms with Crippen molar-refractivity contribution in [3.63, 3.8) is 0 Å². The van der Waals surface area contributed by atoms with Crippen molar-refractivity contribution >= 4 is 5.91 Å². The minimum atomic E-state index is -0.643. The number of nitrogens with two attached hydrogens (primary N) is 1. The van der Waals surface area contributed by atoms with E-state index >= 15 is 0 Å². The molecule has 2 aromatic carbocycles. The summed E-state index contributed by atoms with van der Waals surface area (Å²) in [6, 6.07) is 15.8. The number of aromatic hydroxyl groups is 1. The summed E-state index contributed by atoms with van der Waals surface area (Å²) in [6.45, 7) is 5.64. The number of nitrogens with one attached hydrogen (secondary N) is 1. The highest BCUT2D eigenvalue weighted by atomic mass is 16.3.